The van der Waals surface area contributed by atoms with E-state index in [0.29, 0.717) is 49.5 Å². The van der Waals surface area contributed by atoms with Crippen LogP contribution in [0.3, 0.4) is 0 Å². The van der Waals surface area contributed by atoms with Gasteiger partial charge in [0.25, 0.3) is 5.91 Å². The smallest absolute Gasteiger partial charge is 0.336 e. The van der Waals surface area contributed by atoms with Gasteiger partial charge in [-0.3, -0.25) is 14.4 Å². The van der Waals surface area contributed by atoms with Gasteiger partial charge in [-0.2, -0.15) is 13.2 Å². The number of carbonyl (C=O) groups is 1. The van der Waals surface area contributed by atoms with Crippen molar-refractivity contribution in [2.45, 2.75) is 12.7 Å². The molecule has 1 amide bonds. The summed E-state index contributed by atoms with van der Waals surface area (Å²) in [6, 6.07) is 11.5. The zero-order valence-electron chi connectivity index (χ0n) is 16.3. The average molecular weight is 441 g/mol. The van der Waals surface area contributed by atoms with E-state index in [9.17, 15) is 26.4 Å². The first-order valence-corrected chi connectivity index (χ1v) is 11.2. The zero-order chi connectivity index (χ0) is 21.9. The molecule has 30 heavy (non-hydrogen) atoms. The van der Waals surface area contributed by atoms with Crippen molar-refractivity contribution in [1.82, 2.24) is 9.80 Å². The molecule has 0 spiro atoms. The quantitative estimate of drug-likeness (QED) is 0.775. The molecule has 0 aliphatic carbocycles. The summed E-state index contributed by atoms with van der Waals surface area (Å²) in [5.74, 6) is -0.217. The molecule has 0 radical (unpaired) electrons. The summed E-state index contributed by atoms with van der Waals surface area (Å²) in [6.07, 6.45) is -3.34. The molecule has 1 heterocycles. The molecule has 1 aliphatic rings. The number of alkyl halides is 3. The number of nitrogens with one attached hydrogen (secondary N) is 1. The van der Waals surface area contributed by atoms with Crippen molar-refractivity contribution in [2.24, 2.45) is 0 Å². The van der Waals surface area contributed by atoms with Crippen molar-refractivity contribution >= 4 is 21.6 Å². The first kappa shape index (κ1) is 22.1. The maximum Gasteiger partial charge on any atom is 0.416 e. The molecule has 0 bridgehead atoms. The molecular weight excluding hydrogens is 419 g/mol. The van der Waals surface area contributed by atoms with Crippen molar-refractivity contribution in [3.8, 4) is 0 Å². The highest BCUT2D eigenvalue weighted by Gasteiger charge is 2.30. The van der Waals surface area contributed by atoms with Crippen LogP contribution in [-0.2, 0) is 22.7 Å². The summed E-state index contributed by atoms with van der Waals surface area (Å²) < 4.78 is 63.7. The van der Waals surface area contributed by atoms with Crippen molar-refractivity contribution in [2.75, 3.05) is 37.2 Å². The van der Waals surface area contributed by atoms with Crippen LogP contribution in [-0.4, -0.2) is 56.6 Å². The number of carbonyl (C=O) groups excluding carboxylic acids is 1. The van der Waals surface area contributed by atoms with E-state index >= 15 is 0 Å². The topological polar surface area (TPSA) is 69.7 Å². The number of halogens is 3. The fraction of sp³-hybridized carbons (Fsp3) is 0.350. The van der Waals surface area contributed by atoms with Crippen LogP contribution in [0.15, 0.2) is 48.5 Å². The van der Waals surface area contributed by atoms with Gasteiger partial charge in [0, 0.05) is 44.0 Å². The molecule has 6 nitrogen and oxygen atoms in total. The highest BCUT2D eigenvalue weighted by atomic mass is 32.2. The molecular formula is C20H22F3N3O3S. The fourth-order valence-corrected chi connectivity index (χ4v) is 3.88. The molecule has 1 aliphatic heterocycles. The molecule has 3 rings (SSSR count). The van der Waals surface area contributed by atoms with Gasteiger partial charge in [0.05, 0.1) is 11.8 Å². The Balaban J connectivity index is 1.59. The number of benzene rings is 2. The Morgan fingerprint density at radius 1 is 1.03 bits per heavy atom. The highest BCUT2D eigenvalue weighted by molar-refractivity contribution is 7.92. The Morgan fingerprint density at radius 2 is 1.70 bits per heavy atom. The summed E-state index contributed by atoms with van der Waals surface area (Å²) >= 11 is 0. The number of piperazine rings is 1. The maximum atomic E-state index is 12.9. The lowest BCUT2D eigenvalue weighted by atomic mass is 10.1. The van der Waals surface area contributed by atoms with E-state index in [1.807, 2.05) is 4.90 Å². The van der Waals surface area contributed by atoms with Gasteiger partial charge in [0.2, 0.25) is 10.0 Å². The Labute approximate surface area is 173 Å². The van der Waals surface area contributed by atoms with Gasteiger partial charge in [0.15, 0.2) is 0 Å². The van der Waals surface area contributed by atoms with Crippen molar-refractivity contribution < 1.29 is 26.4 Å². The van der Waals surface area contributed by atoms with Gasteiger partial charge < -0.3 is 4.90 Å². The van der Waals surface area contributed by atoms with Crippen LogP contribution in [0.5, 0.6) is 0 Å². The third kappa shape index (κ3) is 5.96. The average Bonchev–Trinajstić information content (AvgIpc) is 2.66. The van der Waals surface area contributed by atoms with Gasteiger partial charge in [-0.1, -0.05) is 24.3 Å². The lowest BCUT2D eigenvalue weighted by Gasteiger charge is -2.35. The Morgan fingerprint density at radius 3 is 2.33 bits per heavy atom. The first-order valence-electron chi connectivity index (χ1n) is 9.27. The van der Waals surface area contributed by atoms with E-state index in [1.54, 1.807) is 29.2 Å². The SMILES string of the molecule is CS(=O)(=O)Nc1cccc(C(=O)N2CCN(Cc3cccc(C(F)(F)F)c3)CC2)c1. The molecule has 162 valence electrons. The van der Waals surface area contributed by atoms with Crippen LogP contribution < -0.4 is 4.72 Å². The third-order valence-corrected chi connectivity index (χ3v) is 5.34. The predicted molar refractivity (Wildman–Crippen MR) is 108 cm³/mol. The molecule has 0 atom stereocenters. The molecule has 0 saturated carbocycles. The second-order valence-corrected chi connectivity index (χ2v) is 8.97. The second-order valence-electron chi connectivity index (χ2n) is 7.22. The number of anilines is 1. The van der Waals surface area contributed by atoms with Gasteiger partial charge >= 0.3 is 6.18 Å². The fourth-order valence-electron chi connectivity index (χ4n) is 3.33. The van der Waals surface area contributed by atoms with E-state index in [1.165, 1.54) is 12.1 Å². The number of nitrogens with zero attached hydrogens (tertiary/aromatic N) is 2. The van der Waals surface area contributed by atoms with Crippen LogP contribution in [0.4, 0.5) is 18.9 Å². The van der Waals surface area contributed by atoms with Crippen molar-refractivity contribution in [3.05, 3.63) is 65.2 Å². The summed E-state index contributed by atoms with van der Waals surface area (Å²) in [5, 5.41) is 0. The lowest BCUT2D eigenvalue weighted by Crippen LogP contribution is -2.48. The van der Waals surface area contributed by atoms with Crippen LogP contribution in [0.25, 0.3) is 0 Å². The first-order chi connectivity index (χ1) is 14.0. The van der Waals surface area contributed by atoms with Gasteiger partial charge in [-0.15, -0.1) is 0 Å². The summed E-state index contributed by atoms with van der Waals surface area (Å²) in [4.78, 5) is 16.4. The summed E-state index contributed by atoms with van der Waals surface area (Å²) in [7, 11) is -3.45. The standard InChI is InChI=1S/C20H22F3N3O3S/c1-30(28,29)24-18-7-3-5-16(13-18)19(27)26-10-8-25(9-11-26)14-15-4-2-6-17(12-15)20(21,22)23/h2-7,12-13,24H,8-11,14H2,1H3. The molecule has 10 heteroatoms. The molecule has 1 fully saturated rings. The largest absolute Gasteiger partial charge is 0.416 e. The summed E-state index contributed by atoms with van der Waals surface area (Å²) in [6.45, 7) is 2.30. The second kappa shape index (κ2) is 8.65. The minimum absolute atomic E-state index is 0.217. The monoisotopic (exact) mass is 441 g/mol. The number of rotatable bonds is 5. The van der Waals surface area contributed by atoms with E-state index in [2.05, 4.69) is 4.72 Å². The number of hydrogen-bond donors (Lipinski definition) is 1. The zero-order valence-corrected chi connectivity index (χ0v) is 17.1. The van der Waals surface area contributed by atoms with Gasteiger partial charge in [-0.05, 0) is 29.8 Å². The number of amides is 1. The van der Waals surface area contributed by atoms with Crippen molar-refractivity contribution in [1.29, 1.82) is 0 Å². The normalized spacial score (nSPS) is 15.8. The minimum Gasteiger partial charge on any atom is -0.336 e. The molecule has 2 aromatic carbocycles. The Hall–Kier alpha value is -2.59. The maximum absolute atomic E-state index is 12.9. The third-order valence-electron chi connectivity index (χ3n) is 4.73. The Kier molecular flexibility index (Phi) is 6.37. The lowest BCUT2D eigenvalue weighted by molar-refractivity contribution is -0.137. The molecule has 0 unspecified atom stereocenters. The summed E-state index contributed by atoms with van der Waals surface area (Å²) in [5.41, 5.74) is 0.585. The molecule has 2 aromatic rings. The van der Waals surface area contributed by atoms with Crippen LogP contribution in [0.2, 0.25) is 0 Å². The number of sulfonamides is 1. The van der Waals surface area contributed by atoms with Crippen molar-refractivity contribution in [3.63, 3.8) is 0 Å². The van der Waals surface area contributed by atoms with Gasteiger partial charge in [-0.25, -0.2) is 8.42 Å². The van der Waals surface area contributed by atoms with Gasteiger partial charge in [0.1, 0.15) is 0 Å². The molecule has 1 saturated heterocycles. The van der Waals surface area contributed by atoms with Crippen LogP contribution in [0, 0.1) is 0 Å². The van der Waals surface area contributed by atoms with E-state index in [-0.39, 0.29) is 5.91 Å². The van der Waals surface area contributed by atoms with E-state index < -0.39 is 21.8 Å². The van der Waals surface area contributed by atoms with E-state index in [4.69, 9.17) is 0 Å². The van der Waals surface area contributed by atoms with E-state index in [0.717, 1.165) is 18.4 Å². The minimum atomic E-state index is -4.37. The number of hydrogen-bond acceptors (Lipinski definition) is 4. The van der Waals surface area contributed by atoms with Crippen LogP contribution >= 0.6 is 0 Å². The van der Waals surface area contributed by atoms with Crippen LogP contribution in [0.1, 0.15) is 21.5 Å². The molecule has 1 N–H and O–H groups in total. The predicted octanol–water partition coefficient (Wildman–Crippen LogP) is 3.03. The highest BCUT2D eigenvalue weighted by Crippen LogP contribution is 2.29. The Bertz CT molecular complexity index is 1020. The molecule has 0 aromatic heterocycles.